The van der Waals surface area contributed by atoms with E-state index in [9.17, 15) is 8.78 Å². The van der Waals surface area contributed by atoms with Gasteiger partial charge in [0.15, 0.2) is 5.16 Å². The van der Waals surface area contributed by atoms with E-state index in [1.807, 2.05) is 18.2 Å². The van der Waals surface area contributed by atoms with Crippen LogP contribution in [0.25, 0.3) is 0 Å². The minimum Gasteiger partial charge on any atom is -0.354 e. The monoisotopic (exact) mass is 435 g/mol. The van der Waals surface area contributed by atoms with E-state index in [1.165, 1.54) is 18.5 Å². The van der Waals surface area contributed by atoms with Gasteiger partial charge in [-0.05, 0) is 18.6 Å². The lowest BCUT2D eigenvalue weighted by Crippen LogP contribution is -2.22. The third kappa shape index (κ3) is 3.91. The predicted molar refractivity (Wildman–Crippen MR) is 109 cm³/mol. The zero-order chi connectivity index (χ0) is 20.6. The number of benzene rings is 2. The summed E-state index contributed by atoms with van der Waals surface area (Å²) in [6.45, 7) is 4.45. The van der Waals surface area contributed by atoms with E-state index in [1.54, 1.807) is 22.5 Å². The van der Waals surface area contributed by atoms with Crippen LogP contribution in [0, 0.1) is 11.6 Å². The lowest BCUT2D eigenvalue weighted by molar-refractivity contribution is 0.250. The summed E-state index contributed by atoms with van der Waals surface area (Å²) in [6, 6.07) is 10.8. The summed E-state index contributed by atoms with van der Waals surface area (Å²) in [7, 11) is 0. The van der Waals surface area contributed by atoms with Gasteiger partial charge in [-0.3, -0.25) is 0 Å². The molecule has 2 aromatic carbocycles. The second-order valence-corrected chi connectivity index (χ2v) is 8.88. The lowest BCUT2D eigenvalue weighted by Gasteiger charge is -2.17. The van der Waals surface area contributed by atoms with Crippen LogP contribution in [-0.2, 0) is 16.9 Å². The summed E-state index contributed by atoms with van der Waals surface area (Å²) >= 11 is 7.97. The first-order valence-corrected chi connectivity index (χ1v) is 10.6. The number of thioether (sulfide) groups is 1. The number of ether oxygens (including phenoxy) is 1. The third-order valence-electron chi connectivity index (χ3n) is 5.12. The number of hydrogen-bond donors (Lipinski definition) is 0. The Labute approximate surface area is 177 Å². The largest absolute Gasteiger partial charge is 0.354 e. The molecule has 0 amide bonds. The maximum absolute atomic E-state index is 14.8. The fourth-order valence-electron chi connectivity index (χ4n) is 3.36. The molecule has 29 heavy (non-hydrogen) atoms. The van der Waals surface area contributed by atoms with Crippen molar-refractivity contribution >= 4 is 23.4 Å². The average Bonchev–Trinajstić information content (AvgIpc) is 3.24. The van der Waals surface area contributed by atoms with Gasteiger partial charge in [0.25, 0.3) is 0 Å². The predicted octanol–water partition coefficient (Wildman–Crippen LogP) is 5.77. The number of nitrogens with zero attached hydrogens (tertiary/aromatic N) is 3. The molecular formula is C21H20ClF2N3OS. The van der Waals surface area contributed by atoms with Crippen LogP contribution >= 0.6 is 23.4 Å². The highest BCUT2D eigenvalue weighted by Crippen LogP contribution is 2.59. The maximum atomic E-state index is 14.8. The average molecular weight is 436 g/mol. The zero-order valence-corrected chi connectivity index (χ0v) is 17.6. The highest BCUT2D eigenvalue weighted by atomic mass is 35.5. The zero-order valence-electron chi connectivity index (χ0n) is 16.0. The lowest BCUT2D eigenvalue weighted by atomic mass is 9.91. The molecule has 4 rings (SSSR count). The molecule has 1 saturated heterocycles. The van der Waals surface area contributed by atoms with Gasteiger partial charge in [0.05, 0.1) is 6.54 Å². The van der Waals surface area contributed by atoms with E-state index in [2.05, 4.69) is 23.9 Å². The van der Waals surface area contributed by atoms with Crippen molar-refractivity contribution in [3.8, 4) is 0 Å². The topological polar surface area (TPSA) is 43.2 Å². The number of hydrogen-bond acceptors (Lipinski definition) is 4. The summed E-state index contributed by atoms with van der Waals surface area (Å²) in [5, 5.41) is 5.95. The molecule has 1 aromatic heterocycles. The van der Waals surface area contributed by atoms with Crippen LogP contribution < -0.4 is 0 Å². The summed E-state index contributed by atoms with van der Waals surface area (Å²) in [4.78, 5) is 4.34. The molecule has 1 aliphatic heterocycles. The number of aromatic nitrogens is 3. The number of rotatable bonds is 7. The van der Waals surface area contributed by atoms with Crippen LogP contribution in [0.2, 0.25) is 5.02 Å². The maximum Gasteiger partial charge on any atom is 0.186 e. The van der Waals surface area contributed by atoms with Gasteiger partial charge < -0.3 is 4.74 Å². The first-order chi connectivity index (χ1) is 13.9. The molecule has 152 valence electrons. The smallest absolute Gasteiger partial charge is 0.186 e. The van der Waals surface area contributed by atoms with Crippen molar-refractivity contribution in [1.82, 2.24) is 14.8 Å². The summed E-state index contributed by atoms with van der Waals surface area (Å²) in [5.74, 6) is -1.29. The Kier molecular flexibility index (Phi) is 5.64. The van der Waals surface area contributed by atoms with E-state index in [0.717, 1.165) is 23.2 Å². The van der Waals surface area contributed by atoms with E-state index in [-0.39, 0.29) is 12.1 Å². The SMILES string of the molecule is CCC(C)Sc1ncnn1CC1(c2ccc(F)cc2F)OC1c1ccccc1Cl. The second kappa shape index (κ2) is 8.05. The van der Waals surface area contributed by atoms with Gasteiger partial charge in [0.1, 0.15) is 29.7 Å². The molecule has 1 fully saturated rings. The first kappa shape index (κ1) is 20.3. The summed E-state index contributed by atoms with van der Waals surface area (Å²) in [6.07, 6.45) is 1.99. The molecule has 0 radical (unpaired) electrons. The minimum absolute atomic E-state index is 0.240. The van der Waals surface area contributed by atoms with Crippen molar-refractivity contribution in [3.63, 3.8) is 0 Å². The molecular weight excluding hydrogens is 416 g/mol. The fourth-order valence-corrected chi connectivity index (χ4v) is 4.46. The third-order valence-corrected chi connectivity index (χ3v) is 6.72. The summed E-state index contributed by atoms with van der Waals surface area (Å²) in [5.41, 5.74) is -0.00530. The molecule has 0 spiro atoms. The van der Waals surface area contributed by atoms with Crippen LogP contribution in [0.4, 0.5) is 8.78 Å². The van der Waals surface area contributed by atoms with Gasteiger partial charge >= 0.3 is 0 Å². The van der Waals surface area contributed by atoms with Crippen LogP contribution in [0.3, 0.4) is 0 Å². The molecule has 3 aromatic rings. The second-order valence-electron chi connectivity index (χ2n) is 7.07. The molecule has 1 aliphatic rings. The Bertz CT molecular complexity index is 1030. The highest BCUT2D eigenvalue weighted by Gasteiger charge is 2.61. The quantitative estimate of drug-likeness (QED) is 0.349. The Balaban J connectivity index is 1.74. The number of epoxide rings is 1. The first-order valence-electron chi connectivity index (χ1n) is 9.37. The molecule has 4 nitrogen and oxygen atoms in total. The van der Waals surface area contributed by atoms with E-state index >= 15 is 0 Å². The van der Waals surface area contributed by atoms with Crippen molar-refractivity contribution in [1.29, 1.82) is 0 Å². The van der Waals surface area contributed by atoms with Gasteiger partial charge in [-0.2, -0.15) is 5.10 Å². The van der Waals surface area contributed by atoms with E-state index < -0.39 is 23.3 Å². The van der Waals surface area contributed by atoms with Crippen LogP contribution in [-0.4, -0.2) is 20.0 Å². The molecule has 0 bridgehead atoms. The van der Waals surface area contributed by atoms with Gasteiger partial charge in [-0.1, -0.05) is 61.5 Å². The molecule has 8 heteroatoms. The molecule has 0 aliphatic carbocycles. The Morgan fingerprint density at radius 1 is 1.28 bits per heavy atom. The molecule has 3 unspecified atom stereocenters. The van der Waals surface area contributed by atoms with E-state index in [4.69, 9.17) is 16.3 Å². The molecule has 2 heterocycles. The Morgan fingerprint density at radius 3 is 2.79 bits per heavy atom. The normalized spacial score (nSPS) is 21.9. The van der Waals surface area contributed by atoms with Crippen molar-refractivity contribution < 1.29 is 13.5 Å². The van der Waals surface area contributed by atoms with Crippen molar-refractivity contribution in [2.45, 2.75) is 48.9 Å². The van der Waals surface area contributed by atoms with Gasteiger partial charge in [0.2, 0.25) is 0 Å². The van der Waals surface area contributed by atoms with Crippen LogP contribution in [0.1, 0.15) is 37.5 Å². The highest BCUT2D eigenvalue weighted by molar-refractivity contribution is 7.99. The van der Waals surface area contributed by atoms with E-state index in [0.29, 0.717) is 10.3 Å². The number of halogens is 3. The molecule has 0 N–H and O–H groups in total. The van der Waals surface area contributed by atoms with Crippen molar-refractivity contribution in [2.24, 2.45) is 0 Å². The van der Waals surface area contributed by atoms with Gasteiger partial charge in [-0.15, -0.1) is 0 Å². The Morgan fingerprint density at radius 2 is 2.07 bits per heavy atom. The van der Waals surface area contributed by atoms with Crippen molar-refractivity contribution in [3.05, 3.63) is 76.6 Å². The fraction of sp³-hybridized carbons (Fsp3) is 0.333. The van der Waals surface area contributed by atoms with Gasteiger partial charge in [-0.25, -0.2) is 18.4 Å². The van der Waals surface area contributed by atoms with Crippen LogP contribution in [0.15, 0.2) is 53.9 Å². The standard InChI is InChI=1S/C21H20ClF2N3OS/c1-3-13(2)29-20-25-12-26-27(20)11-21(16-9-8-14(23)10-18(16)24)19(28-21)15-6-4-5-7-17(15)22/h4-10,12-13,19H,3,11H2,1-2H3. The van der Waals surface area contributed by atoms with Gasteiger partial charge in [0, 0.05) is 27.5 Å². The molecule has 0 saturated carbocycles. The van der Waals surface area contributed by atoms with Crippen molar-refractivity contribution in [2.75, 3.05) is 0 Å². The molecule has 3 atom stereocenters. The van der Waals surface area contributed by atoms with Crippen LogP contribution in [0.5, 0.6) is 0 Å². The summed E-state index contributed by atoms with van der Waals surface area (Å²) < 4.78 is 36.1. The Hall–Kier alpha value is -1.96. The minimum atomic E-state index is -1.04.